The summed E-state index contributed by atoms with van der Waals surface area (Å²) in [7, 11) is 0. The predicted octanol–water partition coefficient (Wildman–Crippen LogP) is 5.48. The Morgan fingerprint density at radius 2 is 1.62 bits per heavy atom. The molecule has 2 heterocycles. The summed E-state index contributed by atoms with van der Waals surface area (Å²) in [6.45, 7) is 5.72. The molecule has 200 valence electrons. The molecule has 0 radical (unpaired) electrons. The highest BCUT2D eigenvalue weighted by Crippen LogP contribution is 2.31. The van der Waals surface area contributed by atoms with Gasteiger partial charge in [-0.15, -0.1) is 0 Å². The van der Waals surface area contributed by atoms with E-state index in [1.807, 2.05) is 83.5 Å². The van der Waals surface area contributed by atoms with Gasteiger partial charge >= 0.3 is 0 Å². The van der Waals surface area contributed by atoms with Crippen LogP contribution in [0.15, 0.2) is 71.6 Å². The van der Waals surface area contributed by atoms with Gasteiger partial charge in [-0.05, 0) is 85.2 Å². The summed E-state index contributed by atoms with van der Waals surface area (Å²) in [4.78, 5) is 31.1. The summed E-state index contributed by atoms with van der Waals surface area (Å²) < 4.78 is 8.78. The largest absolute Gasteiger partial charge is 0.378 e. The number of amides is 2. The SMILES string of the molecule is Cc1ccc(C(=O)N2CCC(c3ccc(C#N)cc3)CC2)cc1NSc1ccccc1C(=O)N1CCOCC1. The molecule has 39 heavy (non-hydrogen) atoms. The van der Waals surface area contributed by atoms with Crippen molar-refractivity contribution in [3.63, 3.8) is 0 Å². The molecule has 7 nitrogen and oxygen atoms in total. The Bertz CT molecular complexity index is 1370. The van der Waals surface area contributed by atoms with Crippen molar-refractivity contribution in [2.75, 3.05) is 44.1 Å². The van der Waals surface area contributed by atoms with E-state index in [9.17, 15) is 9.59 Å². The van der Waals surface area contributed by atoms with Crippen LogP contribution in [0.1, 0.15) is 56.2 Å². The molecule has 2 aliphatic rings. The molecular formula is C31H32N4O3S. The number of carbonyl (C=O) groups is 2. The number of hydrogen-bond donors (Lipinski definition) is 1. The van der Waals surface area contributed by atoms with Crippen LogP contribution in [0, 0.1) is 18.3 Å². The molecule has 8 heteroatoms. The van der Waals surface area contributed by atoms with Gasteiger partial charge in [-0.2, -0.15) is 5.26 Å². The lowest BCUT2D eigenvalue weighted by Gasteiger charge is -2.32. The molecule has 0 unspecified atom stereocenters. The van der Waals surface area contributed by atoms with Crippen LogP contribution in [0.4, 0.5) is 5.69 Å². The minimum Gasteiger partial charge on any atom is -0.378 e. The number of benzene rings is 3. The van der Waals surface area contributed by atoms with Crippen molar-refractivity contribution < 1.29 is 14.3 Å². The number of anilines is 1. The van der Waals surface area contributed by atoms with Gasteiger partial charge in [0.15, 0.2) is 0 Å². The number of nitrogens with one attached hydrogen (secondary N) is 1. The Labute approximate surface area is 233 Å². The van der Waals surface area contributed by atoms with Crippen LogP contribution >= 0.6 is 11.9 Å². The average molecular weight is 541 g/mol. The monoisotopic (exact) mass is 540 g/mol. The van der Waals surface area contributed by atoms with Crippen LogP contribution < -0.4 is 4.72 Å². The lowest BCUT2D eigenvalue weighted by Crippen LogP contribution is -2.40. The van der Waals surface area contributed by atoms with Gasteiger partial charge in [0.2, 0.25) is 0 Å². The van der Waals surface area contributed by atoms with Crippen LogP contribution in [-0.4, -0.2) is 61.0 Å². The molecule has 1 N–H and O–H groups in total. The fourth-order valence-corrected chi connectivity index (χ4v) is 5.92. The molecule has 0 aliphatic carbocycles. The maximum Gasteiger partial charge on any atom is 0.255 e. The summed E-state index contributed by atoms with van der Waals surface area (Å²) in [6, 6.07) is 23.3. The van der Waals surface area contributed by atoms with Crippen LogP contribution in [0.5, 0.6) is 0 Å². The summed E-state index contributed by atoms with van der Waals surface area (Å²) >= 11 is 1.39. The standard InChI is InChI=1S/C31H32N4O3S/c1-22-6-9-26(30(36)34-14-12-25(13-15-34)24-10-7-23(21-32)8-11-24)20-28(22)33-39-29-5-3-2-4-27(29)31(37)35-16-18-38-19-17-35/h2-11,20,25,33H,12-19H2,1H3. The first-order valence-electron chi connectivity index (χ1n) is 13.3. The molecule has 0 saturated carbocycles. The summed E-state index contributed by atoms with van der Waals surface area (Å²) in [5, 5.41) is 9.04. The van der Waals surface area contributed by atoms with Crippen molar-refractivity contribution >= 4 is 29.4 Å². The van der Waals surface area contributed by atoms with Crippen molar-refractivity contribution in [3.05, 3.63) is 94.5 Å². The molecule has 0 aromatic heterocycles. The number of nitrogens with zero attached hydrogens (tertiary/aromatic N) is 3. The third-order valence-corrected chi connectivity index (χ3v) is 8.36. The van der Waals surface area contributed by atoms with Crippen LogP contribution in [-0.2, 0) is 4.74 Å². The van der Waals surface area contributed by atoms with Gasteiger partial charge in [0.25, 0.3) is 11.8 Å². The lowest BCUT2D eigenvalue weighted by atomic mass is 9.89. The third kappa shape index (κ3) is 6.27. The smallest absolute Gasteiger partial charge is 0.255 e. The number of morpholine rings is 1. The zero-order valence-electron chi connectivity index (χ0n) is 22.1. The van der Waals surface area contributed by atoms with Crippen molar-refractivity contribution in [1.29, 1.82) is 5.26 Å². The van der Waals surface area contributed by atoms with E-state index >= 15 is 0 Å². The summed E-state index contributed by atoms with van der Waals surface area (Å²) in [5.74, 6) is 0.436. The average Bonchev–Trinajstić information content (AvgIpc) is 3.00. The lowest BCUT2D eigenvalue weighted by molar-refractivity contribution is 0.0300. The predicted molar refractivity (Wildman–Crippen MR) is 153 cm³/mol. The van der Waals surface area contributed by atoms with Gasteiger partial charge in [0.1, 0.15) is 0 Å². The Hall–Kier alpha value is -3.80. The number of piperidine rings is 1. The maximum absolute atomic E-state index is 13.4. The van der Waals surface area contributed by atoms with Crippen molar-refractivity contribution in [1.82, 2.24) is 9.80 Å². The molecule has 3 aromatic carbocycles. The van der Waals surface area contributed by atoms with E-state index in [1.165, 1.54) is 17.5 Å². The summed E-state index contributed by atoms with van der Waals surface area (Å²) in [6.07, 6.45) is 1.80. The maximum atomic E-state index is 13.4. The summed E-state index contributed by atoms with van der Waals surface area (Å²) in [5.41, 5.74) is 5.08. The Morgan fingerprint density at radius 3 is 2.33 bits per heavy atom. The van der Waals surface area contributed by atoms with Gasteiger partial charge in [-0.3, -0.25) is 9.59 Å². The molecule has 2 fully saturated rings. The Morgan fingerprint density at radius 1 is 0.923 bits per heavy atom. The number of carbonyl (C=O) groups excluding carboxylic acids is 2. The second-order valence-corrected chi connectivity index (χ2v) is 10.8. The quantitative estimate of drug-likeness (QED) is 0.417. The number of aryl methyl sites for hydroxylation is 1. The molecule has 0 bridgehead atoms. The van der Waals surface area contributed by atoms with E-state index in [4.69, 9.17) is 10.00 Å². The number of likely N-dealkylation sites (tertiary alicyclic amines) is 1. The number of ether oxygens (including phenoxy) is 1. The molecule has 2 saturated heterocycles. The first-order chi connectivity index (χ1) is 19.0. The van der Waals surface area contributed by atoms with E-state index in [2.05, 4.69) is 10.8 Å². The van der Waals surface area contributed by atoms with E-state index in [0.717, 1.165) is 29.0 Å². The van der Waals surface area contributed by atoms with Crippen LogP contribution in [0.2, 0.25) is 0 Å². The second kappa shape index (κ2) is 12.4. The minimum absolute atomic E-state index is 0.00765. The molecule has 2 amide bonds. The van der Waals surface area contributed by atoms with Gasteiger partial charge in [-0.25, -0.2) is 0 Å². The van der Waals surface area contributed by atoms with Crippen LogP contribution in [0.3, 0.4) is 0 Å². The Balaban J connectivity index is 1.23. The van der Waals surface area contributed by atoms with Crippen molar-refractivity contribution in [3.8, 4) is 6.07 Å². The highest BCUT2D eigenvalue weighted by Gasteiger charge is 2.25. The van der Waals surface area contributed by atoms with Crippen molar-refractivity contribution in [2.24, 2.45) is 0 Å². The topological polar surface area (TPSA) is 85.7 Å². The molecule has 5 rings (SSSR count). The zero-order chi connectivity index (χ0) is 27.2. The molecule has 3 aromatic rings. The highest BCUT2D eigenvalue weighted by atomic mass is 32.2. The van der Waals surface area contributed by atoms with Gasteiger partial charge < -0.3 is 19.3 Å². The Kier molecular flexibility index (Phi) is 8.50. The highest BCUT2D eigenvalue weighted by molar-refractivity contribution is 8.00. The van der Waals surface area contributed by atoms with Gasteiger partial charge in [-0.1, -0.05) is 30.3 Å². The van der Waals surface area contributed by atoms with E-state index < -0.39 is 0 Å². The third-order valence-electron chi connectivity index (χ3n) is 7.46. The van der Waals surface area contributed by atoms with Crippen molar-refractivity contribution in [2.45, 2.75) is 30.6 Å². The zero-order valence-corrected chi connectivity index (χ0v) is 22.9. The van der Waals surface area contributed by atoms with E-state index in [1.54, 1.807) is 0 Å². The van der Waals surface area contributed by atoms with Crippen LogP contribution in [0.25, 0.3) is 0 Å². The van der Waals surface area contributed by atoms with Gasteiger partial charge in [0, 0.05) is 42.3 Å². The molecule has 0 spiro atoms. The minimum atomic E-state index is 0.00765. The molecule has 0 atom stereocenters. The van der Waals surface area contributed by atoms with E-state index in [0.29, 0.717) is 62.0 Å². The first-order valence-corrected chi connectivity index (χ1v) is 14.1. The second-order valence-electron chi connectivity index (χ2n) is 9.93. The van der Waals surface area contributed by atoms with Gasteiger partial charge in [0.05, 0.1) is 30.4 Å². The number of rotatable bonds is 6. The number of hydrogen-bond acceptors (Lipinski definition) is 6. The molecular weight excluding hydrogens is 508 g/mol. The fraction of sp³-hybridized carbons (Fsp3) is 0.323. The molecule has 2 aliphatic heterocycles. The normalized spacial score (nSPS) is 16.0. The fourth-order valence-electron chi connectivity index (χ4n) is 5.07. The van der Waals surface area contributed by atoms with E-state index in [-0.39, 0.29) is 11.8 Å². The first kappa shape index (κ1) is 26.8. The number of nitriles is 1.